The minimum absolute atomic E-state index is 0.261. The van der Waals surface area contributed by atoms with Crippen molar-refractivity contribution in [2.45, 2.75) is 25.7 Å². The fourth-order valence-electron chi connectivity index (χ4n) is 2.56. The fourth-order valence-corrected chi connectivity index (χ4v) is 3.85. The summed E-state index contributed by atoms with van der Waals surface area (Å²) in [7, 11) is -3.64. The van der Waals surface area contributed by atoms with Crippen LogP contribution in [0.2, 0.25) is 0 Å². The second-order valence-electron chi connectivity index (χ2n) is 6.23. The highest BCUT2D eigenvalue weighted by Crippen LogP contribution is 2.21. The summed E-state index contributed by atoms with van der Waals surface area (Å²) < 4.78 is 27.6. The van der Waals surface area contributed by atoms with Crippen LogP contribution in [-0.4, -0.2) is 13.4 Å². The number of hydrogen-bond acceptors (Lipinski definition) is 4. The molecule has 0 saturated carbocycles. The summed E-state index contributed by atoms with van der Waals surface area (Å²) in [6.45, 7) is 5.88. The molecule has 26 heavy (non-hydrogen) atoms. The van der Waals surface area contributed by atoms with Crippen LogP contribution in [0.25, 0.3) is 0 Å². The quantitative estimate of drug-likeness (QED) is 0.694. The van der Waals surface area contributed by atoms with E-state index in [0.717, 1.165) is 5.69 Å². The maximum absolute atomic E-state index is 12.5. The smallest absolute Gasteiger partial charge is 0.262 e. The van der Waals surface area contributed by atoms with E-state index >= 15 is 0 Å². The van der Waals surface area contributed by atoms with Gasteiger partial charge in [0.2, 0.25) is 0 Å². The summed E-state index contributed by atoms with van der Waals surface area (Å²) in [4.78, 5) is 4.55. The standard InChI is InChI=1S/C20H21N3O2S/c1-14-8-9-17(12-16(14)3)22-20-11-10-18(13-21-20)23-26(24,25)19-7-5-4-6-15(19)2/h4-13,23H,1-3H3,(H,21,22). The van der Waals surface area contributed by atoms with Gasteiger partial charge in [-0.1, -0.05) is 24.3 Å². The van der Waals surface area contributed by atoms with Crippen molar-refractivity contribution in [1.82, 2.24) is 4.98 Å². The number of aromatic nitrogens is 1. The highest BCUT2D eigenvalue weighted by Gasteiger charge is 2.16. The lowest BCUT2D eigenvalue weighted by molar-refractivity contribution is 0.600. The summed E-state index contributed by atoms with van der Waals surface area (Å²) in [6.07, 6.45) is 1.50. The van der Waals surface area contributed by atoms with Crippen molar-refractivity contribution >= 4 is 27.2 Å². The number of hydrogen-bond donors (Lipinski definition) is 2. The van der Waals surface area contributed by atoms with Crippen molar-refractivity contribution in [2.24, 2.45) is 0 Å². The molecule has 1 heterocycles. The zero-order valence-corrected chi connectivity index (χ0v) is 15.8. The molecule has 0 atom stereocenters. The molecule has 0 aliphatic heterocycles. The molecule has 0 aliphatic rings. The minimum atomic E-state index is -3.64. The number of aryl methyl sites for hydroxylation is 3. The van der Waals surface area contributed by atoms with E-state index in [-0.39, 0.29) is 4.90 Å². The molecule has 134 valence electrons. The maximum Gasteiger partial charge on any atom is 0.262 e. The molecule has 0 bridgehead atoms. The van der Waals surface area contributed by atoms with Crippen LogP contribution in [0, 0.1) is 20.8 Å². The van der Waals surface area contributed by atoms with Crippen LogP contribution in [0.5, 0.6) is 0 Å². The van der Waals surface area contributed by atoms with Gasteiger partial charge in [0.1, 0.15) is 5.82 Å². The lowest BCUT2D eigenvalue weighted by Gasteiger charge is -2.11. The second-order valence-corrected chi connectivity index (χ2v) is 7.88. The molecule has 0 fully saturated rings. The second kappa shape index (κ2) is 7.17. The van der Waals surface area contributed by atoms with Crippen molar-refractivity contribution in [3.63, 3.8) is 0 Å². The zero-order valence-electron chi connectivity index (χ0n) is 14.9. The summed E-state index contributed by atoms with van der Waals surface area (Å²) in [5.74, 6) is 0.645. The van der Waals surface area contributed by atoms with E-state index in [2.05, 4.69) is 28.9 Å². The Labute approximate surface area is 154 Å². The highest BCUT2D eigenvalue weighted by molar-refractivity contribution is 7.92. The summed E-state index contributed by atoms with van der Waals surface area (Å²) in [5.41, 5.74) is 4.47. The first-order chi connectivity index (χ1) is 12.3. The van der Waals surface area contributed by atoms with Crippen molar-refractivity contribution in [3.05, 3.63) is 77.5 Å². The first kappa shape index (κ1) is 17.9. The van der Waals surface area contributed by atoms with Gasteiger partial charge in [0.25, 0.3) is 10.0 Å². The summed E-state index contributed by atoms with van der Waals surface area (Å²) in [5, 5.41) is 3.21. The van der Waals surface area contributed by atoms with E-state index in [1.54, 1.807) is 37.3 Å². The van der Waals surface area contributed by atoms with Gasteiger partial charge in [-0.05, 0) is 67.8 Å². The molecule has 6 heteroatoms. The fraction of sp³-hybridized carbons (Fsp3) is 0.150. The molecule has 0 spiro atoms. The first-order valence-corrected chi connectivity index (χ1v) is 9.72. The number of nitrogens with zero attached hydrogens (tertiary/aromatic N) is 1. The van der Waals surface area contributed by atoms with Gasteiger partial charge in [-0.15, -0.1) is 0 Å². The predicted molar refractivity (Wildman–Crippen MR) is 105 cm³/mol. The van der Waals surface area contributed by atoms with Gasteiger partial charge in [0.05, 0.1) is 16.8 Å². The van der Waals surface area contributed by atoms with Crippen LogP contribution in [0.1, 0.15) is 16.7 Å². The van der Waals surface area contributed by atoms with E-state index in [0.29, 0.717) is 17.1 Å². The van der Waals surface area contributed by atoms with Gasteiger partial charge in [0, 0.05) is 5.69 Å². The zero-order chi connectivity index (χ0) is 18.7. The number of benzene rings is 2. The molecular weight excluding hydrogens is 346 g/mol. The molecule has 0 unspecified atom stereocenters. The predicted octanol–water partition coefficient (Wildman–Crippen LogP) is 4.55. The number of anilines is 3. The third-order valence-corrected chi connectivity index (χ3v) is 5.72. The van der Waals surface area contributed by atoms with Gasteiger partial charge in [-0.3, -0.25) is 4.72 Å². The van der Waals surface area contributed by atoms with Crippen LogP contribution in [-0.2, 0) is 10.0 Å². The number of nitrogens with one attached hydrogen (secondary N) is 2. The molecule has 3 rings (SSSR count). The monoisotopic (exact) mass is 367 g/mol. The lowest BCUT2D eigenvalue weighted by atomic mass is 10.1. The van der Waals surface area contributed by atoms with Crippen molar-refractivity contribution in [1.29, 1.82) is 0 Å². The van der Waals surface area contributed by atoms with Gasteiger partial charge in [0.15, 0.2) is 0 Å². The van der Waals surface area contributed by atoms with E-state index in [9.17, 15) is 8.42 Å². The molecule has 0 saturated heterocycles. The maximum atomic E-state index is 12.5. The minimum Gasteiger partial charge on any atom is -0.340 e. The van der Waals surface area contributed by atoms with Crippen LogP contribution in [0.15, 0.2) is 65.7 Å². The summed E-state index contributed by atoms with van der Waals surface area (Å²) >= 11 is 0. The SMILES string of the molecule is Cc1ccc(Nc2ccc(NS(=O)(=O)c3ccccc3C)cn2)cc1C. The Morgan fingerprint density at radius 1 is 0.808 bits per heavy atom. The lowest BCUT2D eigenvalue weighted by Crippen LogP contribution is -2.14. The van der Waals surface area contributed by atoms with Gasteiger partial charge in [-0.25, -0.2) is 13.4 Å². The first-order valence-electron chi connectivity index (χ1n) is 8.24. The number of rotatable bonds is 5. The Morgan fingerprint density at radius 3 is 2.19 bits per heavy atom. The molecule has 3 aromatic rings. The van der Waals surface area contributed by atoms with Crippen LogP contribution < -0.4 is 10.0 Å². The topological polar surface area (TPSA) is 71.1 Å². The van der Waals surface area contributed by atoms with Gasteiger partial charge in [-0.2, -0.15) is 0 Å². The van der Waals surface area contributed by atoms with E-state index in [1.165, 1.54) is 17.3 Å². The Hall–Kier alpha value is -2.86. The van der Waals surface area contributed by atoms with Crippen molar-refractivity contribution in [3.8, 4) is 0 Å². The van der Waals surface area contributed by atoms with Gasteiger partial charge >= 0.3 is 0 Å². The molecular formula is C20H21N3O2S. The largest absolute Gasteiger partial charge is 0.340 e. The molecule has 1 aromatic heterocycles. The van der Waals surface area contributed by atoms with E-state index < -0.39 is 10.0 Å². The average Bonchev–Trinajstić information content (AvgIpc) is 2.60. The Bertz CT molecular complexity index is 1030. The van der Waals surface area contributed by atoms with Crippen LogP contribution in [0.4, 0.5) is 17.2 Å². The Kier molecular flexibility index (Phi) is 4.95. The number of sulfonamides is 1. The molecule has 0 aliphatic carbocycles. The molecule has 0 radical (unpaired) electrons. The average molecular weight is 367 g/mol. The van der Waals surface area contributed by atoms with Crippen molar-refractivity contribution in [2.75, 3.05) is 10.0 Å². The van der Waals surface area contributed by atoms with Crippen LogP contribution >= 0.6 is 0 Å². The summed E-state index contributed by atoms with van der Waals surface area (Å²) in [6, 6.07) is 16.4. The van der Waals surface area contributed by atoms with Crippen LogP contribution in [0.3, 0.4) is 0 Å². The number of pyridine rings is 1. The molecule has 5 nitrogen and oxygen atoms in total. The van der Waals surface area contributed by atoms with E-state index in [1.807, 2.05) is 24.3 Å². The van der Waals surface area contributed by atoms with Gasteiger partial charge < -0.3 is 5.32 Å². The van der Waals surface area contributed by atoms with Crippen molar-refractivity contribution < 1.29 is 8.42 Å². The third kappa shape index (κ3) is 4.03. The highest BCUT2D eigenvalue weighted by atomic mass is 32.2. The molecule has 2 N–H and O–H groups in total. The molecule has 0 amide bonds. The Morgan fingerprint density at radius 2 is 1.54 bits per heavy atom. The van der Waals surface area contributed by atoms with E-state index in [4.69, 9.17) is 0 Å². The Balaban J connectivity index is 1.75. The third-order valence-electron chi connectivity index (χ3n) is 4.18. The normalized spacial score (nSPS) is 11.2. The molecule has 2 aromatic carbocycles.